The van der Waals surface area contributed by atoms with Crippen molar-refractivity contribution >= 4 is 5.78 Å². The van der Waals surface area contributed by atoms with Crippen LogP contribution in [0.1, 0.15) is 36.0 Å². The van der Waals surface area contributed by atoms with E-state index in [4.69, 9.17) is 9.47 Å². The summed E-state index contributed by atoms with van der Waals surface area (Å²) < 4.78 is 11.4. The van der Waals surface area contributed by atoms with Crippen LogP contribution in [-0.4, -0.2) is 41.4 Å². The van der Waals surface area contributed by atoms with Crippen LogP contribution >= 0.6 is 0 Å². The summed E-state index contributed by atoms with van der Waals surface area (Å²) in [7, 11) is 0. The van der Waals surface area contributed by atoms with Gasteiger partial charge in [0.05, 0.1) is 18.0 Å². The molecule has 1 unspecified atom stereocenters. The molecular formula is C14H18N2O3. The summed E-state index contributed by atoms with van der Waals surface area (Å²) in [6, 6.07) is 1.74. The molecule has 5 nitrogen and oxygen atoms in total. The van der Waals surface area contributed by atoms with E-state index in [0.717, 1.165) is 38.9 Å². The highest BCUT2D eigenvalue weighted by atomic mass is 16.5. The zero-order chi connectivity index (χ0) is 13.1. The van der Waals surface area contributed by atoms with E-state index in [1.54, 1.807) is 18.5 Å². The lowest BCUT2D eigenvalue weighted by Gasteiger charge is -2.42. The third kappa shape index (κ3) is 2.67. The van der Waals surface area contributed by atoms with E-state index in [0.29, 0.717) is 12.2 Å². The predicted molar refractivity (Wildman–Crippen MR) is 67.8 cm³/mol. The molecule has 2 saturated heterocycles. The number of aromatic nitrogens is 2. The Hall–Kier alpha value is -1.33. The molecule has 0 amide bonds. The molecule has 0 aliphatic carbocycles. The van der Waals surface area contributed by atoms with Crippen molar-refractivity contribution in [3.8, 4) is 0 Å². The number of carbonyl (C=O) groups excluding carboxylic acids is 1. The van der Waals surface area contributed by atoms with Crippen LogP contribution in [0.5, 0.6) is 0 Å². The molecule has 1 atom stereocenters. The van der Waals surface area contributed by atoms with Crippen molar-refractivity contribution in [3.63, 3.8) is 0 Å². The van der Waals surface area contributed by atoms with Crippen LogP contribution in [0.15, 0.2) is 18.5 Å². The van der Waals surface area contributed by atoms with E-state index < -0.39 is 0 Å². The lowest BCUT2D eigenvalue weighted by Crippen LogP contribution is -2.45. The molecule has 0 radical (unpaired) electrons. The standard InChI is InChI=1S/C14H18N2O3/c17-13(12-1-5-15-16-10-12)11-2-6-19-14(9-11)3-7-18-8-4-14/h1,5,10-11H,2-4,6-9H2. The van der Waals surface area contributed by atoms with Crippen molar-refractivity contribution in [2.75, 3.05) is 19.8 Å². The van der Waals surface area contributed by atoms with Gasteiger partial charge in [-0.05, 0) is 31.7 Å². The highest BCUT2D eigenvalue weighted by Crippen LogP contribution is 2.38. The molecule has 19 heavy (non-hydrogen) atoms. The van der Waals surface area contributed by atoms with E-state index in [1.165, 1.54) is 0 Å². The van der Waals surface area contributed by atoms with Crippen molar-refractivity contribution in [1.82, 2.24) is 10.2 Å². The first-order valence-corrected chi connectivity index (χ1v) is 6.82. The zero-order valence-corrected chi connectivity index (χ0v) is 10.9. The number of carbonyl (C=O) groups is 1. The van der Waals surface area contributed by atoms with Crippen LogP contribution in [0.4, 0.5) is 0 Å². The Labute approximate surface area is 112 Å². The summed E-state index contributed by atoms with van der Waals surface area (Å²) in [5, 5.41) is 7.50. The molecule has 102 valence electrons. The number of ether oxygens (including phenoxy) is 2. The fraction of sp³-hybridized carbons (Fsp3) is 0.643. The number of hydrogen-bond acceptors (Lipinski definition) is 5. The van der Waals surface area contributed by atoms with Gasteiger partial charge in [0.2, 0.25) is 0 Å². The Kier molecular flexibility index (Phi) is 3.57. The average molecular weight is 262 g/mol. The number of ketones is 1. The van der Waals surface area contributed by atoms with Gasteiger partial charge in [0.25, 0.3) is 0 Å². The van der Waals surface area contributed by atoms with E-state index in [9.17, 15) is 4.79 Å². The Morgan fingerprint density at radius 1 is 1.26 bits per heavy atom. The van der Waals surface area contributed by atoms with E-state index in [2.05, 4.69) is 10.2 Å². The second kappa shape index (κ2) is 5.35. The molecule has 2 fully saturated rings. The Morgan fingerprint density at radius 2 is 2.11 bits per heavy atom. The minimum absolute atomic E-state index is 0.0380. The normalized spacial score (nSPS) is 26.2. The third-order valence-corrected chi connectivity index (χ3v) is 4.14. The largest absolute Gasteiger partial charge is 0.381 e. The van der Waals surface area contributed by atoms with Gasteiger partial charge in [-0.15, -0.1) is 0 Å². The lowest BCUT2D eigenvalue weighted by atomic mass is 9.78. The Balaban J connectivity index is 1.73. The monoisotopic (exact) mass is 262 g/mol. The first-order chi connectivity index (χ1) is 9.29. The molecule has 3 heterocycles. The first kappa shape index (κ1) is 12.7. The van der Waals surface area contributed by atoms with Gasteiger partial charge in [-0.3, -0.25) is 4.79 Å². The van der Waals surface area contributed by atoms with Crippen LogP contribution in [0.25, 0.3) is 0 Å². The van der Waals surface area contributed by atoms with Crippen LogP contribution in [-0.2, 0) is 9.47 Å². The van der Waals surface area contributed by atoms with E-state index in [1.807, 2.05) is 0 Å². The highest BCUT2D eigenvalue weighted by Gasteiger charge is 2.41. The van der Waals surface area contributed by atoms with Gasteiger partial charge in [0.1, 0.15) is 0 Å². The number of rotatable bonds is 2. The number of nitrogens with zero attached hydrogens (tertiary/aromatic N) is 2. The van der Waals surface area contributed by atoms with E-state index >= 15 is 0 Å². The summed E-state index contributed by atoms with van der Waals surface area (Å²) in [5.41, 5.74) is 0.515. The molecule has 5 heteroatoms. The van der Waals surface area contributed by atoms with Crippen LogP contribution < -0.4 is 0 Å². The second-order valence-electron chi connectivity index (χ2n) is 5.33. The summed E-state index contributed by atoms with van der Waals surface area (Å²) in [5.74, 6) is 0.208. The van der Waals surface area contributed by atoms with Crippen LogP contribution in [0, 0.1) is 5.92 Å². The van der Waals surface area contributed by atoms with Gasteiger partial charge in [-0.1, -0.05) is 0 Å². The highest BCUT2D eigenvalue weighted by molar-refractivity contribution is 5.97. The SMILES string of the molecule is O=C(c1ccnnc1)C1CCOC2(CCOCC2)C1. The Morgan fingerprint density at radius 3 is 2.84 bits per heavy atom. The van der Waals surface area contributed by atoms with Gasteiger partial charge in [0, 0.05) is 31.3 Å². The minimum Gasteiger partial charge on any atom is -0.381 e. The van der Waals surface area contributed by atoms with Crippen molar-refractivity contribution in [2.45, 2.75) is 31.3 Å². The molecule has 0 saturated carbocycles. The summed E-state index contributed by atoms with van der Waals surface area (Å²) >= 11 is 0. The fourth-order valence-corrected chi connectivity index (χ4v) is 3.02. The molecule has 1 spiro atoms. The Bertz CT molecular complexity index is 438. The topological polar surface area (TPSA) is 61.3 Å². The summed E-state index contributed by atoms with van der Waals surface area (Å²) in [6.45, 7) is 2.13. The quantitative estimate of drug-likeness (QED) is 0.758. The molecule has 0 aromatic carbocycles. The average Bonchev–Trinajstić information content (AvgIpc) is 2.48. The minimum atomic E-state index is -0.142. The molecule has 1 aromatic rings. The fourth-order valence-electron chi connectivity index (χ4n) is 3.02. The summed E-state index contributed by atoms with van der Waals surface area (Å²) in [4.78, 5) is 12.5. The maximum absolute atomic E-state index is 12.5. The smallest absolute Gasteiger partial charge is 0.167 e. The van der Waals surface area contributed by atoms with Crippen LogP contribution in [0.3, 0.4) is 0 Å². The van der Waals surface area contributed by atoms with E-state index in [-0.39, 0.29) is 17.3 Å². The molecular weight excluding hydrogens is 244 g/mol. The molecule has 2 aliphatic rings. The second-order valence-corrected chi connectivity index (χ2v) is 5.33. The van der Waals surface area contributed by atoms with Crippen molar-refractivity contribution in [3.05, 3.63) is 24.0 Å². The maximum Gasteiger partial charge on any atom is 0.167 e. The zero-order valence-electron chi connectivity index (χ0n) is 10.9. The molecule has 2 aliphatic heterocycles. The third-order valence-electron chi connectivity index (χ3n) is 4.14. The molecule has 0 bridgehead atoms. The first-order valence-electron chi connectivity index (χ1n) is 6.82. The summed E-state index contributed by atoms with van der Waals surface area (Å²) in [6.07, 6.45) is 6.50. The molecule has 1 aromatic heterocycles. The number of Topliss-reactive ketones (excluding diaryl/α,β-unsaturated/α-hetero) is 1. The molecule has 0 N–H and O–H groups in total. The maximum atomic E-state index is 12.5. The van der Waals surface area contributed by atoms with Crippen LogP contribution in [0.2, 0.25) is 0 Å². The molecule has 3 rings (SSSR count). The van der Waals surface area contributed by atoms with Gasteiger partial charge < -0.3 is 9.47 Å². The van der Waals surface area contributed by atoms with Gasteiger partial charge in [-0.25, -0.2) is 0 Å². The van der Waals surface area contributed by atoms with Crippen molar-refractivity contribution < 1.29 is 14.3 Å². The number of hydrogen-bond donors (Lipinski definition) is 0. The van der Waals surface area contributed by atoms with Crippen molar-refractivity contribution in [2.24, 2.45) is 5.92 Å². The van der Waals surface area contributed by atoms with Gasteiger partial charge in [0.15, 0.2) is 5.78 Å². The van der Waals surface area contributed by atoms with Gasteiger partial charge >= 0.3 is 0 Å². The predicted octanol–water partition coefficient (Wildman–Crippen LogP) is 1.64. The van der Waals surface area contributed by atoms with Crippen molar-refractivity contribution in [1.29, 1.82) is 0 Å². The van der Waals surface area contributed by atoms with Gasteiger partial charge in [-0.2, -0.15) is 10.2 Å². The lowest BCUT2D eigenvalue weighted by molar-refractivity contribution is -0.142.